The Bertz CT molecular complexity index is 1370. The summed E-state index contributed by atoms with van der Waals surface area (Å²) in [6.07, 6.45) is -10.0. The zero-order valence-electron chi connectivity index (χ0n) is 18.8. The molecular formula is C24H16F6N4OS2. The van der Waals surface area contributed by atoms with Crippen molar-refractivity contribution >= 4 is 34.7 Å². The fourth-order valence-electron chi connectivity index (χ4n) is 3.22. The fraction of sp³-hybridized carbons (Fsp3) is 0.167. The van der Waals surface area contributed by atoms with Gasteiger partial charge < -0.3 is 5.32 Å². The standard InChI is InChI=1S/C24H16F6N4OS2/c1-13-21(37-22(31-13)14-5-3-2-4-6-14)18-7-8-20(34-33-18)36-12-19(35)32-17-10-15(23(25,26)27)9-16(11-17)24(28,29)30/h2-11H,12H2,1H3,(H,32,35). The summed E-state index contributed by atoms with van der Waals surface area (Å²) in [6.45, 7) is 1.85. The van der Waals surface area contributed by atoms with Crippen LogP contribution in [0.5, 0.6) is 0 Å². The molecule has 0 saturated carbocycles. The van der Waals surface area contributed by atoms with E-state index >= 15 is 0 Å². The third kappa shape index (κ3) is 6.66. The molecule has 0 unspecified atom stereocenters. The molecule has 2 aromatic heterocycles. The maximum Gasteiger partial charge on any atom is 0.416 e. The zero-order valence-corrected chi connectivity index (χ0v) is 20.4. The molecule has 0 aliphatic heterocycles. The van der Waals surface area contributed by atoms with Gasteiger partial charge in [-0.25, -0.2) is 4.98 Å². The maximum atomic E-state index is 13.0. The molecule has 2 heterocycles. The highest BCUT2D eigenvalue weighted by atomic mass is 32.2. The van der Waals surface area contributed by atoms with E-state index in [1.54, 1.807) is 12.1 Å². The molecule has 37 heavy (non-hydrogen) atoms. The minimum atomic E-state index is -5.01. The van der Waals surface area contributed by atoms with Crippen molar-refractivity contribution < 1.29 is 31.1 Å². The second-order valence-corrected chi connectivity index (χ2v) is 9.68. The molecule has 4 aromatic rings. The van der Waals surface area contributed by atoms with Crippen LogP contribution in [0.15, 0.2) is 65.7 Å². The van der Waals surface area contributed by atoms with Crippen LogP contribution in [0.3, 0.4) is 0 Å². The Hall–Kier alpha value is -3.45. The van der Waals surface area contributed by atoms with Gasteiger partial charge in [0, 0.05) is 11.3 Å². The molecule has 0 saturated heterocycles. The van der Waals surface area contributed by atoms with E-state index in [-0.39, 0.29) is 11.8 Å². The average Bonchev–Trinajstić information content (AvgIpc) is 3.24. The van der Waals surface area contributed by atoms with Gasteiger partial charge in [0.15, 0.2) is 0 Å². The fourth-order valence-corrected chi connectivity index (χ4v) is 4.87. The molecule has 0 aliphatic rings. The lowest BCUT2D eigenvalue weighted by atomic mass is 10.1. The highest BCUT2D eigenvalue weighted by Gasteiger charge is 2.37. The van der Waals surface area contributed by atoms with E-state index in [1.165, 1.54) is 11.3 Å². The van der Waals surface area contributed by atoms with E-state index in [9.17, 15) is 31.1 Å². The highest BCUT2D eigenvalue weighted by molar-refractivity contribution is 7.99. The van der Waals surface area contributed by atoms with E-state index in [1.807, 2.05) is 37.3 Å². The van der Waals surface area contributed by atoms with Gasteiger partial charge in [-0.1, -0.05) is 42.1 Å². The number of alkyl halides is 6. The van der Waals surface area contributed by atoms with Gasteiger partial charge in [-0.3, -0.25) is 4.79 Å². The average molecular weight is 555 g/mol. The molecule has 2 aromatic carbocycles. The van der Waals surface area contributed by atoms with Crippen molar-refractivity contribution in [1.29, 1.82) is 0 Å². The molecule has 0 atom stereocenters. The summed E-state index contributed by atoms with van der Waals surface area (Å²) in [5.41, 5.74) is -1.31. The summed E-state index contributed by atoms with van der Waals surface area (Å²) in [4.78, 5) is 17.6. The lowest BCUT2D eigenvalue weighted by molar-refractivity contribution is -0.143. The number of nitrogens with one attached hydrogen (secondary N) is 1. The number of anilines is 1. The summed E-state index contributed by atoms with van der Waals surface area (Å²) in [7, 11) is 0. The van der Waals surface area contributed by atoms with E-state index in [0.717, 1.165) is 32.9 Å². The number of benzene rings is 2. The van der Waals surface area contributed by atoms with Gasteiger partial charge in [0.25, 0.3) is 0 Å². The van der Waals surface area contributed by atoms with Gasteiger partial charge in [-0.05, 0) is 37.3 Å². The number of thioether (sulfide) groups is 1. The van der Waals surface area contributed by atoms with Crippen molar-refractivity contribution in [2.45, 2.75) is 24.3 Å². The van der Waals surface area contributed by atoms with Crippen molar-refractivity contribution in [1.82, 2.24) is 15.2 Å². The number of rotatable bonds is 6. The van der Waals surface area contributed by atoms with Gasteiger partial charge in [-0.2, -0.15) is 26.3 Å². The second kappa shape index (κ2) is 10.5. The van der Waals surface area contributed by atoms with Crippen LogP contribution in [0.4, 0.5) is 32.0 Å². The molecule has 13 heteroatoms. The van der Waals surface area contributed by atoms with Crippen molar-refractivity contribution in [2.24, 2.45) is 0 Å². The van der Waals surface area contributed by atoms with Crippen LogP contribution in [0.25, 0.3) is 21.1 Å². The Morgan fingerprint density at radius 2 is 1.57 bits per heavy atom. The molecule has 1 N–H and O–H groups in total. The van der Waals surface area contributed by atoms with Crippen LogP contribution in [0.2, 0.25) is 0 Å². The van der Waals surface area contributed by atoms with Gasteiger partial charge in [-0.15, -0.1) is 21.5 Å². The summed E-state index contributed by atoms with van der Waals surface area (Å²) in [5, 5.41) is 11.5. The number of aryl methyl sites for hydroxylation is 1. The maximum absolute atomic E-state index is 13.0. The van der Waals surface area contributed by atoms with Crippen LogP contribution < -0.4 is 5.32 Å². The Balaban J connectivity index is 1.42. The third-order valence-electron chi connectivity index (χ3n) is 4.91. The van der Waals surface area contributed by atoms with Crippen LogP contribution in [-0.4, -0.2) is 26.8 Å². The third-order valence-corrected chi connectivity index (χ3v) is 7.06. The molecule has 0 fully saturated rings. The lowest BCUT2D eigenvalue weighted by Gasteiger charge is -2.14. The number of halogens is 6. The summed E-state index contributed by atoms with van der Waals surface area (Å²) in [6, 6.07) is 13.8. The molecule has 0 radical (unpaired) electrons. The molecule has 0 aliphatic carbocycles. The quantitative estimate of drug-likeness (QED) is 0.200. The number of hydrogen-bond acceptors (Lipinski definition) is 6. The normalized spacial score (nSPS) is 12.0. The smallest absolute Gasteiger partial charge is 0.325 e. The van der Waals surface area contributed by atoms with Gasteiger partial charge in [0.1, 0.15) is 15.7 Å². The summed E-state index contributed by atoms with van der Waals surface area (Å²) < 4.78 is 78.0. The largest absolute Gasteiger partial charge is 0.416 e. The lowest BCUT2D eigenvalue weighted by Crippen LogP contribution is -2.17. The van der Waals surface area contributed by atoms with Crippen LogP contribution >= 0.6 is 23.1 Å². The topological polar surface area (TPSA) is 67.8 Å². The molecule has 0 spiro atoms. The predicted molar refractivity (Wildman–Crippen MR) is 129 cm³/mol. The van der Waals surface area contributed by atoms with Gasteiger partial charge in [0.2, 0.25) is 5.91 Å². The number of aromatic nitrogens is 3. The van der Waals surface area contributed by atoms with Gasteiger partial charge in [0.05, 0.1) is 27.5 Å². The molecule has 4 rings (SSSR count). The van der Waals surface area contributed by atoms with E-state index in [0.29, 0.717) is 22.9 Å². The predicted octanol–water partition coefficient (Wildman–Crippen LogP) is 7.34. The SMILES string of the molecule is Cc1nc(-c2ccccc2)sc1-c1ccc(SCC(=O)Nc2cc(C(F)(F)F)cc(C(F)(F)F)c2)nn1. The molecule has 1 amide bonds. The van der Waals surface area contributed by atoms with Crippen molar-refractivity contribution in [3.8, 4) is 21.1 Å². The molecule has 192 valence electrons. The number of thiazole rings is 1. The minimum absolute atomic E-state index is 0.00478. The van der Waals surface area contributed by atoms with E-state index < -0.39 is 35.1 Å². The molecular weight excluding hydrogens is 538 g/mol. The summed E-state index contributed by atoms with van der Waals surface area (Å²) >= 11 is 2.39. The number of carbonyl (C=O) groups is 1. The van der Waals surface area contributed by atoms with Crippen LogP contribution in [0, 0.1) is 6.92 Å². The van der Waals surface area contributed by atoms with Gasteiger partial charge >= 0.3 is 12.4 Å². The highest BCUT2D eigenvalue weighted by Crippen LogP contribution is 2.38. The monoisotopic (exact) mass is 554 g/mol. The first-order valence-electron chi connectivity index (χ1n) is 10.5. The van der Waals surface area contributed by atoms with Crippen molar-refractivity contribution in [2.75, 3.05) is 11.1 Å². The first kappa shape index (κ1) is 26.6. The number of amides is 1. The van der Waals surface area contributed by atoms with Crippen molar-refractivity contribution in [3.63, 3.8) is 0 Å². The Kier molecular flexibility index (Phi) is 7.55. The zero-order chi connectivity index (χ0) is 26.8. The number of nitrogens with zero attached hydrogens (tertiary/aromatic N) is 3. The van der Waals surface area contributed by atoms with Crippen LogP contribution in [-0.2, 0) is 17.1 Å². The molecule has 5 nitrogen and oxygen atoms in total. The minimum Gasteiger partial charge on any atom is -0.325 e. The van der Waals surface area contributed by atoms with Crippen molar-refractivity contribution in [3.05, 3.63) is 77.5 Å². The summed E-state index contributed by atoms with van der Waals surface area (Å²) in [5.74, 6) is -1.10. The number of carbonyl (C=O) groups excluding carboxylic acids is 1. The Labute approximate surface area is 215 Å². The Morgan fingerprint density at radius 1 is 0.919 bits per heavy atom. The second-order valence-electron chi connectivity index (χ2n) is 7.69. The van der Waals surface area contributed by atoms with E-state index in [2.05, 4.69) is 20.5 Å². The van der Waals surface area contributed by atoms with E-state index in [4.69, 9.17) is 0 Å². The first-order valence-corrected chi connectivity index (χ1v) is 12.3. The first-order chi connectivity index (χ1) is 17.4. The Morgan fingerprint density at radius 3 is 2.14 bits per heavy atom. The number of hydrogen-bond donors (Lipinski definition) is 1. The molecule has 0 bridgehead atoms. The van der Waals surface area contributed by atoms with Crippen LogP contribution in [0.1, 0.15) is 16.8 Å².